The van der Waals surface area contributed by atoms with Crippen molar-refractivity contribution in [2.24, 2.45) is 0 Å². The maximum absolute atomic E-state index is 12.3. The zero-order valence-corrected chi connectivity index (χ0v) is 17.6. The topological polar surface area (TPSA) is 156 Å². The number of hydrogen-bond acceptors (Lipinski definition) is 10. The van der Waals surface area contributed by atoms with Crippen LogP contribution < -0.4 is 11.3 Å². The lowest BCUT2D eigenvalue weighted by molar-refractivity contribution is -0.305. The molecule has 1 aliphatic heterocycles. The number of carboxylic acids is 1. The number of aliphatic carboxylic acids is 1. The first kappa shape index (κ1) is 25.3. The molecule has 4 N–H and O–H groups in total. The molecule has 1 unspecified atom stereocenters. The maximum atomic E-state index is 12.3. The van der Waals surface area contributed by atoms with Crippen LogP contribution >= 0.6 is 23.5 Å². The van der Waals surface area contributed by atoms with E-state index in [4.69, 9.17) is 14.2 Å². The van der Waals surface area contributed by atoms with Crippen molar-refractivity contribution in [2.45, 2.75) is 58.2 Å². The third-order valence-corrected chi connectivity index (χ3v) is 5.42. The summed E-state index contributed by atoms with van der Waals surface area (Å²) in [6.07, 6.45) is -1.57. The van der Waals surface area contributed by atoms with E-state index in [0.29, 0.717) is 9.99 Å². The standard InChI is InChI=1S/C16H22O8S2.H3N/c1-8(2)22-14(20)13(15(21)23-9(3)4)16-25-7-12(26-16)24-11(19)6-5-10(17)18;/h8-9,12H,5-7H2,1-4H3,(H,17,18);1H3. The number of rotatable bonds is 8. The molecule has 27 heavy (non-hydrogen) atoms. The molecule has 0 spiro atoms. The third-order valence-electron chi connectivity index (χ3n) is 2.68. The molecule has 0 aromatic heterocycles. The van der Waals surface area contributed by atoms with Crippen molar-refractivity contribution < 1.29 is 38.5 Å². The Morgan fingerprint density at radius 1 is 1.04 bits per heavy atom. The van der Waals surface area contributed by atoms with Crippen molar-refractivity contribution in [3.05, 3.63) is 9.81 Å². The second-order valence-electron chi connectivity index (χ2n) is 5.79. The summed E-state index contributed by atoms with van der Waals surface area (Å²) in [5.74, 6) is -3.32. The van der Waals surface area contributed by atoms with Gasteiger partial charge in [0.25, 0.3) is 0 Å². The summed E-state index contributed by atoms with van der Waals surface area (Å²) in [6.45, 7) is 6.63. The van der Waals surface area contributed by atoms with E-state index in [-0.39, 0.29) is 18.1 Å². The van der Waals surface area contributed by atoms with E-state index in [1.807, 2.05) is 0 Å². The molecule has 0 aromatic carbocycles. The summed E-state index contributed by atoms with van der Waals surface area (Å²) in [6, 6.07) is 0. The number of ether oxygens (including phenoxy) is 3. The van der Waals surface area contributed by atoms with Crippen LogP contribution in [0.1, 0.15) is 40.5 Å². The molecule has 1 fully saturated rings. The number of carbonyl (C=O) groups is 4. The Kier molecular flexibility index (Phi) is 11.1. The van der Waals surface area contributed by atoms with Gasteiger partial charge in [0.05, 0.1) is 22.9 Å². The molecule has 1 aliphatic rings. The summed E-state index contributed by atoms with van der Waals surface area (Å²) in [7, 11) is 0. The van der Waals surface area contributed by atoms with Crippen molar-refractivity contribution in [1.29, 1.82) is 0 Å². The Hall–Kier alpha value is -1.72. The predicted octanol–water partition coefficient (Wildman–Crippen LogP) is 1.36. The molecule has 1 rings (SSSR count). The Morgan fingerprint density at radius 3 is 2.00 bits per heavy atom. The lowest BCUT2D eigenvalue weighted by atomic mass is 10.3. The second kappa shape index (κ2) is 11.9. The van der Waals surface area contributed by atoms with Gasteiger partial charge in [0.1, 0.15) is 0 Å². The van der Waals surface area contributed by atoms with Gasteiger partial charge in [0.15, 0.2) is 11.0 Å². The highest BCUT2D eigenvalue weighted by atomic mass is 32.2. The fourth-order valence-corrected chi connectivity index (χ4v) is 4.35. The van der Waals surface area contributed by atoms with Crippen molar-refractivity contribution in [3.8, 4) is 0 Å². The van der Waals surface area contributed by atoms with Gasteiger partial charge >= 0.3 is 17.9 Å². The molecule has 1 heterocycles. The monoisotopic (exact) mass is 423 g/mol. The van der Waals surface area contributed by atoms with Crippen LogP contribution in [0.25, 0.3) is 0 Å². The maximum Gasteiger partial charge on any atom is 0.347 e. The first-order chi connectivity index (χ1) is 12.1. The lowest BCUT2D eigenvalue weighted by Gasteiger charge is -2.14. The highest BCUT2D eigenvalue weighted by Crippen LogP contribution is 2.44. The van der Waals surface area contributed by atoms with E-state index in [1.54, 1.807) is 27.7 Å². The number of carbonyl (C=O) groups excluding carboxylic acids is 4. The van der Waals surface area contributed by atoms with Gasteiger partial charge in [-0.25, -0.2) is 9.59 Å². The molecule has 154 valence electrons. The van der Waals surface area contributed by atoms with Crippen LogP contribution in [0.4, 0.5) is 0 Å². The molecule has 0 aliphatic carbocycles. The summed E-state index contributed by atoms with van der Waals surface area (Å²) >= 11 is 2.20. The fraction of sp³-hybridized carbons (Fsp3) is 0.625. The van der Waals surface area contributed by atoms with E-state index in [0.717, 1.165) is 11.8 Å². The van der Waals surface area contributed by atoms with Crippen molar-refractivity contribution in [3.63, 3.8) is 0 Å². The van der Waals surface area contributed by atoms with Crippen LogP contribution in [0.2, 0.25) is 0 Å². The van der Waals surface area contributed by atoms with E-state index in [2.05, 4.69) is 0 Å². The Labute approximate surface area is 166 Å². The molecule has 0 aromatic rings. The molecule has 0 amide bonds. The van der Waals surface area contributed by atoms with Crippen LogP contribution in [0.15, 0.2) is 9.81 Å². The van der Waals surface area contributed by atoms with Crippen LogP contribution in [0, 0.1) is 0 Å². The number of quaternary nitrogens is 1. The number of thioether (sulfide) groups is 2. The average Bonchev–Trinajstić information content (AvgIpc) is 2.91. The van der Waals surface area contributed by atoms with E-state index < -0.39 is 47.9 Å². The minimum absolute atomic E-state index is 0. The Morgan fingerprint density at radius 2 is 1.56 bits per heavy atom. The van der Waals surface area contributed by atoms with Crippen molar-refractivity contribution in [2.75, 3.05) is 5.75 Å². The summed E-state index contributed by atoms with van der Waals surface area (Å²) < 4.78 is 15.7. The summed E-state index contributed by atoms with van der Waals surface area (Å²) in [5.41, 5.74) is -0.867. The van der Waals surface area contributed by atoms with Gasteiger partial charge in [-0.3, -0.25) is 4.79 Å². The van der Waals surface area contributed by atoms with E-state index in [1.165, 1.54) is 11.8 Å². The molecule has 11 heteroatoms. The zero-order chi connectivity index (χ0) is 19.9. The molecule has 0 saturated carbocycles. The summed E-state index contributed by atoms with van der Waals surface area (Å²) in [5, 5.41) is 10.4. The molecular formula is C16H25NO8S2. The van der Waals surface area contributed by atoms with Gasteiger partial charge in [-0.1, -0.05) is 11.8 Å². The van der Waals surface area contributed by atoms with Gasteiger partial charge in [-0.2, -0.15) is 0 Å². The van der Waals surface area contributed by atoms with Crippen LogP contribution in [-0.2, 0) is 33.4 Å². The minimum Gasteiger partial charge on any atom is -0.550 e. The number of esters is 3. The van der Waals surface area contributed by atoms with Gasteiger partial charge in [0, 0.05) is 11.7 Å². The highest BCUT2D eigenvalue weighted by molar-refractivity contribution is 8.25. The minimum atomic E-state index is -1.34. The van der Waals surface area contributed by atoms with Gasteiger partial charge in [0.2, 0.25) is 0 Å². The van der Waals surface area contributed by atoms with Crippen LogP contribution in [-0.4, -0.2) is 47.3 Å². The number of hydrogen-bond donors (Lipinski definition) is 1. The summed E-state index contributed by atoms with van der Waals surface area (Å²) in [4.78, 5) is 46.5. The largest absolute Gasteiger partial charge is 0.550 e. The van der Waals surface area contributed by atoms with Crippen molar-refractivity contribution >= 4 is 47.4 Å². The second-order valence-corrected chi connectivity index (χ2v) is 8.25. The predicted molar refractivity (Wildman–Crippen MR) is 99.6 cm³/mol. The Balaban J connectivity index is 0.00000676. The van der Waals surface area contributed by atoms with Gasteiger partial charge < -0.3 is 30.3 Å². The van der Waals surface area contributed by atoms with Crippen LogP contribution in [0.3, 0.4) is 0 Å². The van der Waals surface area contributed by atoms with Crippen LogP contribution in [0.5, 0.6) is 0 Å². The third kappa shape index (κ3) is 9.16. The molecule has 0 bridgehead atoms. The first-order valence-electron chi connectivity index (χ1n) is 7.95. The molecule has 1 saturated heterocycles. The normalized spacial score (nSPS) is 15.9. The van der Waals surface area contributed by atoms with Gasteiger partial charge in [-0.15, -0.1) is 11.8 Å². The molecule has 1 atom stereocenters. The first-order valence-corrected chi connectivity index (χ1v) is 9.81. The smallest absolute Gasteiger partial charge is 0.347 e. The Bertz CT molecular complexity index is 579. The van der Waals surface area contributed by atoms with Crippen molar-refractivity contribution in [1.82, 2.24) is 6.15 Å². The van der Waals surface area contributed by atoms with Gasteiger partial charge in [-0.05, 0) is 34.1 Å². The lowest BCUT2D eigenvalue weighted by Crippen LogP contribution is -2.24. The highest BCUT2D eigenvalue weighted by Gasteiger charge is 2.34. The quantitative estimate of drug-likeness (QED) is 0.199. The molecule has 9 nitrogen and oxygen atoms in total. The van der Waals surface area contributed by atoms with E-state index in [9.17, 15) is 24.3 Å². The zero-order valence-electron chi connectivity index (χ0n) is 15.9. The average molecular weight is 424 g/mol. The molecular weight excluding hydrogens is 398 g/mol. The molecule has 0 radical (unpaired) electrons. The number of carboxylic acid groups (broad SMARTS) is 1. The SMILES string of the molecule is CC(C)OC(=O)C(C(=O)OC(C)C)=C1SCC(OC(=O)CCC(=O)[O-])S1.[NH4+]. The van der Waals surface area contributed by atoms with E-state index >= 15 is 0 Å². The fourth-order valence-electron chi connectivity index (χ4n) is 1.73.